The van der Waals surface area contributed by atoms with Crippen molar-refractivity contribution in [1.29, 1.82) is 0 Å². The number of nitrogens with one attached hydrogen (secondary N) is 1. The number of hydrogen-bond donors (Lipinski definition) is 2. The summed E-state index contributed by atoms with van der Waals surface area (Å²) in [5.41, 5.74) is 6.52. The van der Waals surface area contributed by atoms with Gasteiger partial charge in [-0.25, -0.2) is 23.1 Å². The van der Waals surface area contributed by atoms with Crippen LogP contribution in [0.2, 0.25) is 0 Å². The summed E-state index contributed by atoms with van der Waals surface area (Å²) in [4.78, 5) is 21.3. The first-order chi connectivity index (χ1) is 14.5. The summed E-state index contributed by atoms with van der Waals surface area (Å²) in [5, 5.41) is 2.95. The van der Waals surface area contributed by atoms with Gasteiger partial charge in [0.1, 0.15) is 29.1 Å². The maximum atomic E-state index is 14.3. The van der Waals surface area contributed by atoms with E-state index in [1.807, 2.05) is 0 Å². The van der Waals surface area contributed by atoms with E-state index in [-0.39, 0.29) is 17.7 Å². The summed E-state index contributed by atoms with van der Waals surface area (Å²) in [6, 6.07) is 7.85. The number of halogens is 3. The molecule has 0 bridgehead atoms. The molecule has 2 heterocycles. The molecule has 3 aromatic rings. The maximum Gasteiger partial charge on any atom is 0.171 e. The molecule has 4 rings (SSSR count). The summed E-state index contributed by atoms with van der Waals surface area (Å²) in [6.07, 6.45) is 4.33. The predicted molar refractivity (Wildman–Crippen MR) is 107 cm³/mol. The molecule has 8 heteroatoms. The highest BCUT2D eigenvalue weighted by atomic mass is 19.1. The highest BCUT2D eigenvalue weighted by Gasteiger charge is 2.33. The lowest BCUT2D eigenvalue weighted by Crippen LogP contribution is -2.23. The second-order valence-electron chi connectivity index (χ2n) is 6.83. The molecule has 0 saturated carbocycles. The minimum atomic E-state index is -0.807. The van der Waals surface area contributed by atoms with Gasteiger partial charge in [0.2, 0.25) is 0 Å². The minimum Gasteiger partial charge on any atom is -0.330 e. The van der Waals surface area contributed by atoms with Gasteiger partial charge in [-0.3, -0.25) is 4.79 Å². The Bertz CT molecular complexity index is 1130. The van der Waals surface area contributed by atoms with Crippen molar-refractivity contribution in [2.45, 2.75) is 12.3 Å². The fourth-order valence-electron chi connectivity index (χ4n) is 3.51. The smallest absolute Gasteiger partial charge is 0.171 e. The number of nitrogens with two attached hydrogens (primary N) is 1. The third kappa shape index (κ3) is 3.69. The van der Waals surface area contributed by atoms with Crippen molar-refractivity contribution >= 4 is 29.1 Å². The van der Waals surface area contributed by atoms with Crippen LogP contribution in [0.25, 0.3) is 11.6 Å². The number of pyridine rings is 2. The third-order valence-electron chi connectivity index (χ3n) is 4.90. The molecule has 0 spiro atoms. The van der Waals surface area contributed by atoms with Crippen LogP contribution in [-0.4, -0.2) is 22.3 Å². The molecular weight excluding hydrogens is 393 g/mol. The van der Waals surface area contributed by atoms with Gasteiger partial charge >= 0.3 is 0 Å². The number of carbonyl (C=O) groups is 1. The number of nitrogens with zero attached hydrogens (tertiary/aromatic N) is 2. The summed E-state index contributed by atoms with van der Waals surface area (Å²) >= 11 is 0. The second kappa shape index (κ2) is 8.08. The third-order valence-corrected chi connectivity index (χ3v) is 4.90. The van der Waals surface area contributed by atoms with E-state index in [9.17, 15) is 18.0 Å². The van der Waals surface area contributed by atoms with Crippen LogP contribution < -0.4 is 11.1 Å². The van der Waals surface area contributed by atoms with Gasteiger partial charge in [-0.15, -0.1) is 0 Å². The first-order valence-electron chi connectivity index (χ1n) is 9.27. The Morgan fingerprint density at radius 1 is 1.00 bits per heavy atom. The molecule has 2 aromatic heterocycles. The summed E-state index contributed by atoms with van der Waals surface area (Å²) < 4.78 is 41.7. The monoisotopic (exact) mass is 410 g/mol. The molecule has 0 radical (unpaired) electrons. The molecule has 3 N–H and O–H groups in total. The normalized spacial score (nSPS) is 15.5. The van der Waals surface area contributed by atoms with E-state index in [1.54, 1.807) is 6.07 Å². The Hall–Kier alpha value is -3.52. The first kappa shape index (κ1) is 19.8. The number of carbonyl (C=O) groups excluding carboxylic acids is 1. The second-order valence-corrected chi connectivity index (χ2v) is 6.83. The quantitative estimate of drug-likeness (QED) is 0.659. The van der Waals surface area contributed by atoms with Crippen LogP contribution >= 0.6 is 0 Å². The van der Waals surface area contributed by atoms with Crippen LogP contribution in [0.15, 0.2) is 48.8 Å². The topological polar surface area (TPSA) is 80.9 Å². The van der Waals surface area contributed by atoms with E-state index >= 15 is 0 Å². The minimum absolute atomic E-state index is 0.0424. The lowest BCUT2D eigenvalue weighted by Gasteiger charge is -2.25. The Kier molecular flexibility index (Phi) is 5.33. The van der Waals surface area contributed by atoms with E-state index in [0.717, 1.165) is 18.3 Å². The zero-order valence-corrected chi connectivity index (χ0v) is 15.7. The van der Waals surface area contributed by atoms with E-state index in [2.05, 4.69) is 15.3 Å². The maximum absolute atomic E-state index is 14.3. The van der Waals surface area contributed by atoms with Gasteiger partial charge in [-0.05, 0) is 60.5 Å². The molecule has 0 amide bonds. The van der Waals surface area contributed by atoms with Crippen molar-refractivity contribution in [1.82, 2.24) is 9.97 Å². The standard InChI is InChI=1S/C22H17F3N4O/c23-13-4-5-19(28-11-13)29-20-9-15-12(10-27-20)8-16(22(30)14(15)6-7-26)21-17(24)2-1-3-18(21)25/h1-5,8-11,14H,6-7,26H2,(H,27,28,29). The summed E-state index contributed by atoms with van der Waals surface area (Å²) in [6.45, 7) is 0.216. The molecule has 0 fully saturated rings. The number of benzene rings is 1. The Morgan fingerprint density at radius 3 is 2.40 bits per heavy atom. The van der Waals surface area contributed by atoms with Crippen LogP contribution in [0.3, 0.4) is 0 Å². The van der Waals surface area contributed by atoms with Crippen LogP contribution in [-0.2, 0) is 4.79 Å². The molecule has 152 valence electrons. The fourth-order valence-corrected chi connectivity index (χ4v) is 3.51. The van der Waals surface area contributed by atoms with Crippen molar-refractivity contribution < 1.29 is 18.0 Å². The van der Waals surface area contributed by atoms with E-state index < -0.39 is 29.2 Å². The molecule has 1 aliphatic rings. The molecule has 5 nitrogen and oxygen atoms in total. The van der Waals surface area contributed by atoms with Gasteiger partial charge in [0.15, 0.2) is 5.78 Å². The van der Waals surface area contributed by atoms with Crippen molar-refractivity contribution in [3.05, 3.63) is 82.9 Å². The number of rotatable bonds is 5. The van der Waals surface area contributed by atoms with E-state index in [0.29, 0.717) is 29.2 Å². The lowest BCUT2D eigenvalue weighted by molar-refractivity contribution is -0.115. The van der Waals surface area contributed by atoms with Crippen LogP contribution in [0.5, 0.6) is 0 Å². The molecule has 30 heavy (non-hydrogen) atoms. The van der Waals surface area contributed by atoms with Gasteiger partial charge in [-0.2, -0.15) is 0 Å². The highest BCUT2D eigenvalue weighted by Crippen LogP contribution is 2.39. The zero-order valence-electron chi connectivity index (χ0n) is 15.7. The Morgan fingerprint density at radius 2 is 1.73 bits per heavy atom. The molecule has 1 unspecified atom stereocenters. The van der Waals surface area contributed by atoms with Crippen LogP contribution in [0.4, 0.5) is 24.8 Å². The van der Waals surface area contributed by atoms with Gasteiger partial charge in [-0.1, -0.05) is 6.07 Å². The van der Waals surface area contributed by atoms with Crippen LogP contribution in [0, 0.1) is 17.5 Å². The van der Waals surface area contributed by atoms with E-state index in [4.69, 9.17) is 5.73 Å². The number of anilines is 2. The zero-order chi connectivity index (χ0) is 21.3. The molecule has 0 saturated heterocycles. The van der Waals surface area contributed by atoms with Crippen LogP contribution in [0.1, 0.15) is 29.0 Å². The number of ketones is 1. The van der Waals surface area contributed by atoms with Crippen molar-refractivity contribution in [2.24, 2.45) is 5.73 Å². The number of allylic oxidation sites excluding steroid dienone is 1. The highest BCUT2D eigenvalue weighted by molar-refractivity contribution is 6.29. The molecule has 1 aromatic carbocycles. The number of Topliss-reactive ketones (excluding diaryl/α,β-unsaturated/α-hetero) is 1. The van der Waals surface area contributed by atoms with Crippen molar-refractivity contribution in [3.8, 4) is 0 Å². The first-order valence-corrected chi connectivity index (χ1v) is 9.27. The van der Waals surface area contributed by atoms with Gasteiger partial charge in [0.25, 0.3) is 0 Å². The van der Waals surface area contributed by atoms with Crippen molar-refractivity contribution in [3.63, 3.8) is 0 Å². The fraction of sp³-hybridized carbons (Fsp3) is 0.136. The summed E-state index contributed by atoms with van der Waals surface area (Å²) in [5.74, 6) is -2.38. The molecule has 0 aliphatic heterocycles. The number of fused-ring (bicyclic) bond motifs is 1. The van der Waals surface area contributed by atoms with Gasteiger partial charge in [0, 0.05) is 17.7 Å². The molecular formula is C22H17F3N4O. The average Bonchev–Trinajstić information content (AvgIpc) is 2.72. The largest absolute Gasteiger partial charge is 0.330 e. The Labute approximate surface area is 170 Å². The SMILES string of the molecule is NCCC1C(=O)C(c2c(F)cccc2F)=Cc2cnc(Nc3ccc(F)cn3)cc21. The average molecular weight is 410 g/mol. The number of aromatic nitrogens is 2. The Balaban J connectivity index is 1.77. The van der Waals surface area contributed by atoms with Crippen molar-refractivity contribution in [2.75, 3.05) is 11.9 Å². The van der Waals surface area contributed by atoms with Gasteiger partial charge < -0.3 is 11.1 Å². The summed E-state index contributed by atoms with van der Waals surface area (Å²) in [7, 11) is 0. The van der Waals surface area contributed by atoms with Gasteiger partial charge in [0.05, 0.1) is 11.8 Å². The molecule has 1 aliphatic carbocycles. The number of hydrogen-bond acceptors (Lipinski definition) is 5. The lowest BCUT2D eigenvalue weighted by atomic mass is 9.78. The molecule has 1 atom stereocenters. The van der Waals surface area contributed by atoms with E-state index in [1.165, 1.54) is 30.5 Å². The predicted octanol–water partition coefficient (Wildman–Crippen LogP) is 4.19.